The van der Waals surface area contributed by atoms with Crippen molar-refractivity contribution in [3.05, 3.63) is 28.7 Å². The van der Waals surface area contributed by atoms with E-state index in [1.807, 2.05) is 12.1 Å². The predicted octanol–water partition coefficient (Wildman–Crippen LogP) is 1.16. The Labute approximate surface area is 119 Å². The van der Waals surface area contributed by atoms with E-state index >= 15 is 0 Å². The number of halogens is 1. The monoisotopic (exact) mass is 326 g/mol. The summed E-state index contributed by atoms with van der Waals surface area (Å²) in [7, 11) is 0. The molecule has 1 aliphatic heterocycles. The van der Waals surface area contributed by atoms with E-state index in [1.54, 1.807) is 17.0 Å². The normalized spacial score (nSPS) is 18.4. The second-order valence-electron chi connectivity index (χ2n) is 4.47. The molecule has 0 bridgehead atoms. The molecule has 2 rings (SSSR count). The number of benzene rings is 1. The molecule has 5 nitrogen and oxygen atoms in total. The molecule has 19 heavy (non-hydrogen) atoms. The third-order valence-corrected chi connectivity index (χ3v) is 3.59. The van der Waals surface area contributed by atoms with Crippen molar-refractivity contribution in [2.45, 2.75) is 6.42 Å². The number of rotatable bonds is 4. The predicted molar refractivity (Wildman–Crippen MR) is 73.5 cm³/mol. The van der Waals surface area contributed by atoms with Gasteiger partial charge in [-0.05, 0) is 24.6 Å². The van der Waals surface area contributed by atoms with Crippen LogP contribution in [0.5, 0.6) is 5.75 Å². The van der Waals surface area contributed by atoms with E-state index in [9.17, 15) is 9.59 Å². The van der Waals surface area contributed by atoms with Crippen LogP contribution in [0.4, 0.5) is 0 Å². The van der Waals surface area contributed by atoms with Crippen molar-refractivity contribution in [2.24, 2.45) is 11.7 Å². The molecular weight excluding hydrogens is 312 g/mol. The number of primary amides is 1. The highest BCUT2D eigenvalue weighted by Gasteiger charge is 2.29. The van der Waals surface area contributed by atoms with Gasteiger partial charge in [-0.25, -0.2) is 0 Å². The van der Waals surface area contributed by atoms with Gasteiger partial charge in [0.2, 0.25) is 5.91 Å². The number of carbonyl (C=O) groups is 2. The molecule has 0 aliphatic carbocycles. The first-order valence-corrected chi connectivity index (χ1v) is 6.81. The lowest BCUT2D eigenvalue weighted by Crippen LogP contribution is -2.34. The quantitative estimate of drug-likeness (QED) is 0.902. The summed E-state index contributed by atoms with van der Waals surface area (Å²) in [4.78, 5) is 24.6. The van der Waals surface area contributed by atoms with Gasteiger partial charge >= 0.3 is 0 Å². The summed E-state index contributed by atoms with van der Waals surface area (Å²) in [5.41, 5.74) is 5.23. The van der Waals surface area contributed by atoms with E-state index in [-0.39, 0.29) is 24.3 Å². The molecule has 0 unspecified atom stereocenters. The molecular formula is C13H15BrN2O3. The number of nitrogens with zero attached hydrogens (tertiary/aromatic N) is 1. The number of nitrogens with two attached hydrogens (primary N) is 1. The number of ether oxygens (including phenoxy) is 1. The van der Waals surface area contributed by atoms with Crippen molar-refractivity contribution >= 4 is 27.7 Å². The van der Waals surface area contributed by atoms with Crippen molar-refractivity contribution in [3.63, 3.8) is 0 Å². The first kappa shape index (κ1) is 13.9. The fraction of sp³-hybridized carbons (Fsp3) is 0.385. The minimum atomic E-state index is -0.344. The summed E-state index contributed by atoms with van der Waals surface area (Å²) in [6.45, 7) is 0.937. The molecule has 1 aromatic carbocycles. The van der Waals surface area contributed by atoms with E-state index < -0.39 is 0 Å². The van der Waals surface area contributed by atoms with Crippen LogP contribution in [-0.4, -0.2) is 36.4 Å². The van der Waals surface area contributed by atoms with Crippen LogP contribution < -0.4 is 10.5 Å². The molecule has 1 heterocycles. The smallest absolute Gasteiger partial charge is 0.260 e. The van der Waals surface area contributed by atoms with Gasteiger partial charge in [0.15, 0.2) is 6.61 Å². The zero-order valence-electron chi connectivity index (χ0n) is 10.3. The van der Waals surface area contributed by atoms with Gasteiger partial charge in [0, 0.05) is 17.6 Å². The average Bonchev–Trinajstić information content (AvgIpc) is 2.86. The van der Waals surface area contributed by atoms with Crippen molar-refractivity contribution in [2.75, 3.05) is 19.7 Å². The highest BCUT2D eigenvalue weighted by Crippen LogP contribution is 2.19. The van der Waals surface area contributed by atoms with Gasteiger partial charge < -0.3 is 15.4 Å². The lowest BCUT2D eigenvalue weighted by Gasteiger charge is -2.16. The van der Waals surface area contributed by atoms with Gasteiger partial charge in [-0.1, -0.05) is 22.0 Å². The lowest BCUT2D eigenvalue weighted by molar-refractivity contribution is -0.132. The Bertz CT molecular complexity index is 493. The highest BCUT2D eigenvalue weighted by molar-refractivity contribution is 9.10. The van der Waals surface area contributed by atoms with Crippen LogP contribution in [0, 0.1) is 5.92 Å². The van der Waals surface area contributed by atoms with Gasteiger partial charge in [-0.2, -0.15) is 0 Å². The van der Waals surface area contributed by atoms with Gasteiger partial charge in [-0.3, -0.25) is 9.59 Å². The van der Waals surface area contributed by atoms with Crippen molar-refractivity contribution in [1.29, 1.82) is 0 Å². The van der Waals surface area contributed by atoms with E-state index in [0.717, 1.165) is 4.47 Å². The number of amides is 2. The van der Waals surface area contributed by atoms with Crippen LogP contribution in [0.25, 0.3) is 0 Å². The number of hydrogen-bond acceptors (Lipinski definition) is 3. The lowest BCUT2D eigenvalue weighted by atomic mass is 10.1. The second-order valence-corrected chi connectivity index (χ2v) is 5.39. The number of carbonyl (C=O) groups excluding carboxylic acids is 2. The first-order chi connectivity index (χ1) is 9.06. The molecule has 0 saturated carbocycles. The summed E-state index contributed by atoms with van der Waals surface area (Å²) >= 11 is 3.33. The van der Waals surface area contributed by atoms with Crippen LogP contribution in [0.15, 0.2) is 28.7 Å². The minimum absolute atomic E-state index is 0.0259. The molecule has 6 heteroatoms. The van der Waals surface area contributed by atoms with Gasteiger partial charge in [0.1, 0.15) is 5.75 Å². The van der Waals surface area contributed by atoms with Gasteiger partial charge in [-0.15, -0.1) is 0 Å². The Morgan fingerprint density at radius 3 is 2.89 bits per heavy atom. The summed E-state index contributed by atoms with van der Waals surface area (Å²) < 4.78 is 6.32. The maximum Gasteiger partial charge on any atom is 0.260 e. The average molecular weight is 327 g/mol. The van der Waals surface area contributed by atoms with Crippen molar-refractivity contribution in [1.82, 2.24) is 4.90 Å². The topological polar surface area (TPSA) is 72.6 Å². The fourth-order valence-electron chi connectivity index (χ4n) is 2.01. The highest BCUT2D eigenvalue weighted by atomic mass is 79.9. The fourth-order valence-corrected chi connectivity index (χ4v) is 2.39. The van der Waals surface area contributed by atoms with Crippen LogP contribution in [0.1, 0.15) is 6.42 Å². The third-order valence-electron chi connectivity index (χ3n) is 3.10. The number of likely N-dealkylation sites (tertiary alicyclic amines) is 1. The van der Waals surface area contributed by atoms with Crippen LogP contribution >= 0.6 is 15.9 Å². The standard InChI is InChI=1S/C13H15BrN2O3/c14-10-2-1-3-11(6-10)19-8-12(17)16-5-4-9(7-16)13(15)18/h1-3,6,9H,4-5,7-8H2,(H2,15,18)/t9-/m0/s1. The van der Waals surface area contributed by atoms with Crippen molar-refractivity contribution in [3.8, 4) is 5.75 Å². The molecule has 0 aromatic heterocycles. The summed E-state index contributed by atoms with van der Waals surface area (Å²) in [6.07, 6.45) is 0.637. The van der Waals surface area contributed by atoms with Crippen LogP contribution in [0.3, 0.4) is 0 Å². The van der Waals surface area contributed by atoms with Crippen LogP contribution in [0.2, 0.25) is 0 Å². The Morgan fingerprint density at radius 1 is 1.47 bits per heavy atom. The Balaban J connectivity index is 1.84. The van der Waals surface area contributed by atoms with Crippen molar-refractivity contribution < 1.29 is 14.3 Å². The zero-order chi connectivity index (χ0) is 13.8. The maximum absolute atomic E-state index is 11.9. The van der Waals surface area contributed by atoms with Crippen LogP contribution in [-0.2, 0) is 9.59 Å². The number of hydrogen-bond donors (Lipinski definition) is 1. The van der Waals surface area contributed by atoms with Gasteiger partial charge in [0.05, 0.1) is 5.92 Å². The largest absolute Gasteiger partial charge is 0.484 e. The molecule has 2 N–H and O–H groups in total. The molecule has 2 amide bonds. The molecule has 1 aliphatic rings. The summed E-state index contributed by atoms with van der Waals surface area (Å²) in [5.74, 6) is -0.0601. The third kappa shape index (κ3) is 3.70. The molecule has 1 atom stereocenters. The SMILES string of the molecule is NC(=O)[C@H]1CCN(C(=O)COc2cccc(Br)c2)C1. The molecule has 0 spiro atoms. The molecule has 102 valence electrons. The molecule has 1 fully saturated rings. The van der Waals surface area contributed by atoms with E-state index in [2.05, 4.69) is 15.9 Å². The van der Waals surface area contributed by atoms with Gasteiger partial charge in [0.25, 0.3) is 5.91 Å². The first-order valence-electron chi connectivity index (χ1n) is 6.01. The Hall–Kier alpha value is -1.56. The van der Waals surface area contributed by atoms with E-state index in [4.69, 9.17) is 10.5 Å². The molecule has 0 radical (unpaired) electrons. The molecule has 1 aromatic rings. The summed E-state index contributed by atoms with van der Waals surface area (Å²) in [6, 6.07) is 7.30. The molecule has 1 saturated heterocycles. The zero-order valence-corrected chi connectivity index (χ0v) is 11.9. The maximum atomic E-state index is 11.9. The van der Waals surface area contributed by atoms with E-state index in [0.29, 0.717) is 25.3 Å². The second kappa shape index (κ2) is 6.06. The Morgan fingerprint density at radius 2 is 2.26 bits per heavy atom. The minimum Gasteiger partial charge on any atom is -0.484 e. The van der Waals surface area contributed by atoms with E-state index in [1.165, 1.54) is 0 Å². The Kier molecular flexibility index (Phi) is 4.42. The summed E-state index contributed by atoms with van der Waals surface area (Å²) in [5, 5.41) is 0.